The molecule has 4 rings (SSSR count). The number of nitrogens with zero attached hydrogens (tertiary/aromatic N) is 2. The van der Waals surface area contributed by atoms with E-state index in [4.69, 9.17) is 0 Å². The molecule has 8 heteroatoms. The van der Waals surface area contributed by atoms with Gasteiger partial charge in [-0.3, -0.25) is 4.79 Å². The fourth-order valence-corrected chi connectivity index (χ4v) is 5.49. The van der Waals surface area contributed by atoms with E-state index < -0.39 is 10.0 Å². The summed E-state index contributed by atoms with van der Waals surface area (Å²) in [6, 6.07) is 16.7. The Morgan fingerprint density at radius 2 is 1.68 bits per heavy atom. The van der Waals surface area contributed by atoms with E-state index in [0.717, 1.165) is 47.6 Å². The predicted octanol–water partition coefficient (Wildman–Crippen LogP) is 4.06. The molecule has 1 N–H and O–H groups in total. The fraction of sp³-hybridized carbons (Fsp3) is 0.304. The van der Waals surface area contributed by atoms with E-state index in [1.165, 1.54) is 17.8 Å². The molecule has 0 unspecified atom stereocenters. The van der Waals surface area contributed by atoms with Crippen molar-refractivity contribution in [2.24, 2.45) is 0 Å². The number of hydrogen-bond donors (Lipinski definition) is 1. The second-order valence-electron chi connectivity index (χ2n) is 7.65. The van der Waals surface area contributed by atoms with Gasteiger partial charge in [0.25, 0.3) is 5.91 Å². The number of hydrogen-bond acceptors (Lipinski definition) is 5. The molecule has 0 atom stereocenters. The first-order valence-corrected chi connectivity index (χ1v) is 12.9. The molecule has 1 fully saturated rings. The highest BCUT2D eigenvalue weighted by atomic mass is 32.2. The Labute approximate surface area is 187 Å². The van der Waals surface area contributed by atoms with Crippen LogP contribution in [0.2, 0.25) is 0 Å². The molecule has 0 bridgehead atoms. The number of nitrogens with one attached hydrogen (secondary N) is 1. The summed E-state index contributed by atoms with van der Waals surface area (Å²) in [4.78, 5) is 19.0. The second kappa shape index (κ2) is 9.72. The topological polar surface area (TPSA) is 79.4 Å². The Balaban J connectivity index is 1.36. The van der Waals surface area contributed by atoms with Crippen LogP contribution in [0.3, 0.4) is 0 Å². The Morgan fingerprint density at radius 1 is 0.968 bits per heavy atom. The van der Waals surface area contributed by atoms with Crippen LogP contribution in [0, 0.1) is 0 Å². The molecular formula is C23H25N3O3S2. The van der Waals surface area contributed by atoms with Crippen LogP contribution in [-0.4, -0.2) is 37.3 Å². The van der Waals surface area contributed by atoms with Gasteiger partial charge in [-0.2, -0.15) is 0 Å². The summed E-state index contributed by atoms with van der Waals surface area (Å²) in [6.45, 7) is 1.84. The van der Waals surface area contributed by atoms with Crippen molar-refractivity contribution in [3.63, 3.8) is 0 Å². The van der Waals surface area contributed by atoms with E-state index in [0.29, 0.717) is 5.69 Å². The van der Waals surface area contributed by atoms with Gasteiger partial charge in [0.05, 0.1) is 5.75 Å². The average molecular weight is 456 g/mol. The number of aromatic nitrogens is 1. The number of rotatable bonds is 7. The Kier molecular flexibility index (Phi) is 6.80. The van der Waals surface area contributed by atoms with Gasteiger partial charge in [0.15, 0.2) is 0 Å². The lowest BCUT2D eigenvalue weighted by atomic mass is 10.1. The molecule has 1 aromatic heterocycles. The number of thiazole rings is 1. The third-order valence-electron chi connectivity index (χ3n) is 5.26. The van der Waals surface area contributed by atoms with Crippen molar-refractivity contribution in [2.75, 3.05) is 13.1 Å². The van der Waals surface area contributed by atoms with E-state index in [-0.39, 0.29) is 18.2 Å². The van der Waals surface area contributed by atoms with E-state index in [9.17, 15) is 13.2 Å². The molecule has 1 aliphatic heterocycles. The summed E-state index contributed by atoms with van der Waals surface area (Å²) in [5.41, 5.74) is 3.03. The van der Waals surface area contributed by atoms with Gasteiger partial charge in [-0.05, 0) is 30.4 Å². The van der Waals surface area contributed by atoms with Gasteiger partial charge in [-0.25, -0.2) is 18.1 Å². The largest absolute Gasteiger partial charge is 0.337 e. The number of sulfonamides is 1. The average Bonchev–Trinajstić information content (AvgIpc) is 3.29. The molecular weight excluding hydrogens is 430 g/mol. The Hall–Kier alpha value is -2.55. The summed E-state index contributed by atoms with van der Waals surface area (Å²) < 4.78 is 27.3. The van der Waals surface area contributed by atoms with Crippen LogP contribution in [0.25, 0.3) is 10.6 Å². The molecule has 2 aromatic carbocycles. The maximum Gasteiger partial charge on any atom is 0.273 e. The number of carbonyl (C=O) groups excluding carboxylic acids is 1. The molecule has 31 heavy (non-hydrogen) atoms. The molecule has 6 nitrogen and oxygen atoms in total. The maximum absolute atomic E-state index is 12.6. The van der Waals surface area contributed by atoms with Gasteiger partial charge in [0.1, 0.15) is 10.7 Å². The lowest BCUT2D eigenvalue weighted by Gasteiger charge is -2.25. The van der Waals surface area contributed by atoms with Gasteiger partial charge in [0, 0.05) is 30.6 Å². The van der Waals surface area contributed by atoms with Crippen LogP contribution >= 0.6 is 11.3 Å². The zero-order valence-electron chi connectivity index (χ0n) is 17.2. The van der Waals surface area contributed by atoms with Gasteiger partial charge in [0.2, 0.25) is 10.0 Å². The molecule has 1 saturated heterocycles. The SMILES string of the molecule is O=C(c1csc(-c2ccc(CNS(=O)(=O)Cc3ccccc3)cc2)n1)N1CCCCC1. The van der Waals surface area contributed by atoms with Crippen molar-refractivity contribution in [1.29, 1.82) is 0 Å². The molecule has 0 spiro atoms. The third-order valence-corrected chi connectivity index (χ3v) is 7.45. The van der Waals surface area contributed by atoms with Gasteiger partial charge >= 0.3 is 0 Å². The molecule has 0 aliphatic carbocycles. The van der Waals surface area contributed by atoms with Crippen molar-refractivity contribution >= 4 is 27.3 Å². The number of carbonyl (C=O) groups is 1. The minimum Gasteiger partial charge on any atom is -0.337 e. The Bertz CT molecular complexity index is 1120. The second-order valence-corrected chi connectivity index (χ2v) is 10.3. The number of likely N-dealkylation sites (tertiary alicyclic amines) is 1. The van der Waals surface area contributed by atoms with E-state index in [1.807, 2.05) is 52.7 Å². The van der Waals surface area contributed by atoms with Crippen LogP contribution in [0.4, 0.5) is 0 Å². The summed E-state index contributed by atoms with van der Waals surface area (Å²) in [6.07, 6.45) is 3.29. The summed E-state index contributed by atoms with van der Waals surface area (Å²) in [5.74, 6) is -0.0366. The van der Waals surface area contributed by atoms with Crippen LogP contribution in [0.5, 0.6) is 0 Å². The standard InChI is InChI=1S/C23H25N3O3S2/c27-23(26-13-5-2-6-14-26)21-16-30-22(25-21)20-11-9-18(10-12-20)15-24-31(28,29)17-19-7-3-1-4-8-19/h1,3-4,7-12,16,24H,2,5-6,13-15,17H2. The van der Waals surface area contributed by atoms with Crippen molar-refractivity contribution in [1.82, 2.24) is 14.6 Å². The van der Waals surface area contributed by atoms with Gasteiger partial charge in [-0.1, -0.05) is 54.6 Å². The van der Waals surface area contributed by atoms with Crippen molar-refractivity contribution in [3.05, 3.63) is 76.8 Å². The first-order valence-electron chi connectivity index (χ1n) is 10.4. The number of piperidine rings is 1. The predicted molar refractivity (Wildman–Crippen MR) is 123 cm³/mol. The van der Waals surface area contributed by atoms with Crippen LogP contribution in [0.15, 0.2) is 60.0 Å². The minimum atomic E-state index is -3.41. The summed E-state index contributed by atoms with van der Waals surface area (Å²) >= 11 is 1.45. The zero-order valence-corrected chi connectivity index (χ0v) is 18.8. The Morgan fingerprint density at radius 3 is 2.39 bits per heavy atom. The fourth-order valence-electron chi connectivity index (χ4n) is 3.57. The highest BCUT2D eigenvalue weighted by Gasteiger charge is 2.21. The maximum atomic E-state index is 12.6. The summed E-state index contributed by atoms with van der Waals surface area (Å²) in [5, 5.41) is 2.61. The summed E-state index contributed by atoms with van der Waals surface area (Å²) in [7, 11) is -3.41. The number of amides is 1. The molecule has 0 radical (unpaired) electrons. The third kappa shape index (κ3) is 5.78. The van der Waals surface area contributed by atoms with E-state index in [2.05, 4.69) is 9.71 Å². The van der Waals surface area contributed by atoms with Crippen LogP contribution < -0.4 is 4.72 Å². The van der Waals surface area contributed by atoms with Crippen LogP contribution in [0.1, 0.15) is 40.9 Å². The first kappa shape index (κ1) is 21.7. The smallest absolute Gasteiger partial charge is 0.273 e. The minimum absolute atomic E-state index is 0.00615. The van der Waals surface area contributed by atoms with Gasteiger partial charge < -0.3 is 4.90 Å². The molecule has 1 amide bonds. The normalized spacial score (nSPS) is 14.5. The van der Waals surface area contributed by atoms with Crippen molar-refractivity contribution in [3.8, 4) is 10.6 Å². The molecule has 3 aromatic rings. The molecule has 0 saturated carbocycles. The molecule has 2 heterocycles. The van der Waals surface area contributed by atoms with Crippen LogP contribution in [-0.2, 0) is 22.3 Å². The monoisotopic (exact) mass is 455 g/mol. The zero-order chi connectivity index (χ0) is 21.7. The highest BCUT2D eigenvalue weighted by Crippen LogP contribution is 2.25. The highest BCUT2D eigenvalue weighted by molar-refractivity contribution is 7.88. The van der Waals surface area contributed by atoms with E-state index >= 15 is 0 Å². The molecule has 1 aliphatic rings. The van der Waals surface area contributed by atoms with Crippen molar-refractivity contribution in [2.45, 2.75) is 31.6 Å². The quantitative estimate of drug-likeness (QED) is 0.583. The van der Waals surface area contributed by atoms with Crippen molar-refractivity contribution < 1.29 is 13.2 Å². The molecule has 162 valence electrons. The number of benzene rings is 2. The van der Waals surface area contributed by atoms with Gasteiger partial charge in [-0.15, -0.1) is 11.3 Å². The first-order chi connectivity index (χ1) is 15.0. The van der Waals surface area contributed by atoms with E-state index in [1.54, 1.807) is 12.1 Å². The lowest BCUT2D eigenvalue weighted by Crippen LogP contribution is -2.35. The lowest BCUT2D eigenvalue weighted by molar-refractivity contribution is 0.0719.